The highest BCUT2D eigenvalue weighted by Gasteiger charge is 2.30. The molecule has 0 aliphatic carbocycles. The van der Waals surface area contributed by atoms with Crippen LogP contribution in [0.1, 0.15) is 95.1 Å². The maximum Gasteiger partial charge on any atom is 0.116 e. The number of unbranched alkanes of at least 4 members (excludes halogenated alkanes) is 11. The van der Waals surface area contributed by atoms with E-state index in [2.05, 4.69) is 67.6 Å². The number of aliphatic hydroxyl groups excluding tert-OH is 1. The van der Waals surface area contributed by atoms with Gasteiger partial charge in [0.2, 0.25) is 0 Å². The molecule has 0 saturated carbocycles. The van der Waals surface area contributed by atoms with Crippen LogP contribution in [0.4, 0.5) is 0 Å². The van der Waals surface area contributed by atoms with Gasteiger partial charge in [-0.05, 0) is 12.8 Å². The number of hydrogen-bond donors (Lipinski definition) is 1. The van der Waals surface area contributed by atoms with E-state index < -0.39 is 6.10 Å². The summed E-state index contributed by atoms with van der Waals surface area (Å²) in [6, 6.07) is 21.5. The van der Waals surface area contributed by atoms with Crippen molar-refractivity contribution in [1.29, 1.82) is 0 Å². The van der Waals surface area contributed by atoms with Crippen molar-refractivity contribution in [2.45, 2.75) is 103 Å². The van der Waals surface area contributed by atoms with Crippen molar-refractivity contribution in [1.82, 2.24) is 0 Å². The molecule has 3 heteroatoms. The fraction of sp³-hybridized carbons (Fsp3) is 0.613. The average Bonchev–Trinajstić information content (AvgIpc) is 2.86. The Bertz CT molecular complexity index is 679. The van der Waals surface area contributed by atoms with E-state index in [1.54, 1.807) is 0 Å². The summed E-state index contributed by atoms with van der Waals surface area (Å²) in [6.07, 6.45) is 15.9. The minimum atomic E-state index is -0.480. The van der Waals surface area contributed by atoms with Crippen molar-refractivity contribution in [2.24, 2.45) is 0 Å². The summed E-state index contributed by atoms with van der Waals surface area (Å²) in [6.45, 7) is 5.93. The molecule has 0 bridgehead atoms. The molecule has 0 aliphatic heterocycles. The second kappa shape index (κ2) is 18.0. The molecule has 190 valence electrons. The van der Waals surface area contributed by atoms with E-state index in [9.17, 15) is 5.11 Å². The zero-order valence-electron chi connectivity index (χ0n) is 21.6. The molecule has 0 radical (unpaired) electrons. The quantitative estimate of drug-likeness (QED) is 0.113. The Hall–Kier alpha value is -1.35. The van der Waals surface area contributed by atoms with E-state index in [0.29, 0.717) is 12.4 Å². The van der Waals surface area contributed by atoms with E-state index in [-0.39, 0.29) is 0 Å². The van der Waals surface area contributed by atoms with E-state index in [1.165, 1.54) is 88.2 Å². The number of halogens is 1. The summed E-state index contributed by atoms with van der Waals surface area (Å²) in [5.74, 6) is 0.294. The van der Waals surface area contributed by atoms with Gasteiger partial charge in [-0.3, -0.25) is 0 Å². The molecule has 0 amide bonds. The van der Waals surface area contributed by atoms with Gasteiger partial charge in [-0.1, -0.05) is 132 Å². The SMILES string of the molecule is CCCCCCCCCCCCCC[N+](Cc1ccccc1)(Cc1ccccc1)CC(O)CCl. The van der Waals surface area contributed by atoms with Gasteiger partial charge in [0, 0.05) is 11.1 Å². The zero-order valence-corrected chi connectivity index (χ0v) is 22.4. The van der Waals surface area contributed by atoms with E-state index in [4.69, 9.17) is 11.6 Å². The van der Waals surface area contributed by atoms with Gasteiger partial charge in [0.25, 0.3) is 0 Å². The largest absolute Gasteiger partial charge is 0.386 e. The highest BCUT2D eigenvalue weighted by atomic mass is 35.5. The molecule has 2 nitrogen and oxygen atoms in total. The van der Waals surface area contributed by atoms with Gasteiger partial charge < -0.3 is 9.59 Å². The van der Waals surface area contributed by atoms with E-state index in [0.717, 1.165) is 24.1 Å². The topological polar surface area (TPSA) is 20.2 Å². The van der Waals surface area contributed by atoms with E-state index >= 15 is 0 Å². The molecule has 0 heterocycles. The average molecular weight is 487 g/mol. The molecule has 0 fully saturated rings. The molecule has 2 aromatic carbocycles. The molecule has 1 atom stereocenters. The van der Waals surface area contributed by atoms with Gasteiger partial charge >= 0.3 is 0 Å². The number of quaternary nitrogens is 1. The number of alkyl halides is 1. The molecule has 1 N–H and O–H groups in total. The van der Waals surface area contributed by atoms with Crippen molar-refractivity contribution in [3.8, 4) is 0 Å². The second-order valence-corrected chi connectivity index (χ2v) is 10.5. The molecular formula is C31H49ClNO+. The maximum atomic E-state index is 10.6. The van der Waals surface area contributed by atoms with Crippen LogP contribution in [0.15, 0.2) is 60.7 Å². The van der Waals surface area contributed by atoms with Gasteiger partial charge in [-0.15, -0.1) is 11.6 Å². The van der Waals surface area contributed by atoms with Gasteiger partial charge in [0.05, 0.1) is 12.4 Å². The number of aliphatic hydroxyl groups is 1. The van der Waals surface area contributed by atoms with Crippen molar-refractivity contribution >= 4 is 11.6 Å². The number of nitrogens with zero attached hydrogens (tertiary/aromatic N) is 1. The highest BCUT2D eigenvalue weighted by molar-refractivity contribution is 6.18. The first-order valence-corrected chi connectivity index (χ1v) is 14.4. The third-order valence-corrected chi connectivity index (χ3v) is 7.34. The van der Waals surface area contributed by atoms with Crippen LogP contribution in [0.2, 0.25) is 0 Å². The van der Waals surface area contributed by atoms with Crippen LogP contribution in [-0.4, -0.2) is 34.7 Å². The molecule has 0 aliphatic rings. The predicted molar refractivity (Wildman–Crippen MR) is 148 cm³/mol. The number of hydrogen-bond acceptors (Lipinski definition) is 1. The first-order valence-electron chi connectivity index (χ1n) is 13.8. The first kappa shape index (κ1) is 28.9. The van der Waals surface area contributed by atoms with Crippen LogP contribution >= 0.6 is 11.6 Å². The van der Waals surface area contributed by atoms with Crippen molar-refractivity contribution in [3.05, 3.63) is 71.8 Å². The van der Waals surface area contributed by atoms with Crippen LogP contribution in [0.25, 0.3) is 0 Å². The minimum absolute atomic E-state index is 0.294. The third-order valence-electron chi connectivity index (χ3n) is 6.98. The first-order chi connectivity index (χ1) is 16.7. The van der Waals surface area contributed by atoms with Gasteiger partial charge in [0.15, 0.2) is 0 Å². The lowest BCUT2D eigenvalue weighted by atomic mass is 10.0. The lowest BCUT2D eigenvalue weighted by Gasteiger charge is -2.40. The summed E-state index contributed by atoms with van der Waals surface area (Å²) < 4.78 is 0.861. The molecule has 2 aromatic rings. The Morgan fingerprint density at radius 2 is 1.06 bits per heavy atom. The molecule has 2 rings (SSSR count). The van der Waals surface area contributed by atoms with E-state index in [1.807, 2.05) is 0 Å². The Kier molecular flexibility index (Phi) is 15.3. The number of benzene rings is 2. The van der Waals surface area contributed by atoms with Gasteiger partial charge in [-0.2, -0.15) is 0 Å². The van der Waals surface area contributed by atoms with Crippen LogP contribution < -0.4 is 0 Å². The fourth-order valence-corrected chi connectivity index (χ4v) is 5.26. The van der Waals surface area contributed by atoms with Crippen molar-refractivity contribution in [3.63, 3.8) is 0 Å². The van der Waals surface area contributed by atoms with Gasteiger partial charge in [-0.25, -0.2) is 0 Å². The number of rotatable bonds is 20. The molecular weight excluding hydrogens is 438 g/mol. The minimum Gasteiger partial charge on any atom is -0.386 e. The molecule has 1 unspecified atom stereocenters. The fourth-order valence-electron chi connectivity index (χ4n) is 5.16. The molecule has 34 heavy (non-hydrogen) atoms. The van der Waals surface area contributed by atoms with Crippen LogP contribution in [0.3, 0.4) is 0 Å². The Labute approximate surface area is 214 Å². The lowest BCUT2D eigenvalue weighted by Crippen LogP contribution is -2.52. The van der Waals surface area contributed by atoms with Gasteiger partial charge in [0.1, 0.15) is 25.7 Å². The van der Waals surface area contributed by atoms with Crippen molar-refractivity contribution in [2.75, 3.05) is 19.0 Å². The lowest BCUT2D eigenvalue weighted by molar-refractivity contribution is -0.956. The monoisotopic (exact) mass is 486 g/mol. The normalized spacial score (nSPS) is 12.7. The van der Waals surface area contributed by atoms with Crippen LogP contribution in [0.5, 0.6) is 0 Å². The Morgan fingerprint density at radius 1 is 0.647 bits per heavy atom. The third kappa shape index (κ3) is 12.4. The van der Waals surface area contributed by atoms with Crippen molar-refractivity contribution < 1.29 is 9.59 Å². The molecule has 0 saturated heterocycles. The second-order valence-electron chi connectivity index (χ2n) is 10.2. The Balaban J connectivity index is 1.87. The van der Waals surface area contributed by atoms with Crippen LogP contribution in [0, 0.1) is 0 Å². The summed E-state index contributed by atoms with van der Waals surface area (Å²) in [7, 11) is 0. The standard InChI is InChI=1S/C31H49ClNO/c1-2-3-4-5-6-7-8-9-10-11-12-19-24-33(28-31(34)25-32,26-29-20-15-13-16-21-29)27-30-22-17-14-18-23-30/h13-18,20-23,31,34H,2-12,19,24-28H2,1H3/q+1. The molecule has 0 spiro atoms. The smallest absolute Gasteiger partial charge is 0.116 e. The summed E-state index contributed by atoms with van der Waals surface area (Å²) in [5.41, 5.74) is 2.67. The predicted octanol–water partition coefficient (Wildman–Crippen LogP) is 8.50. The zero-order chi connectivity index (χ0) is 24.3. The summed E-state index contributed by atoms with van der Waals surface area (Å²) >= 11 is 6.08. The summed E-state index contributed by atoms with van der Waals surface area (Å²) in [5, 5.41) is 10.6. The molecule has 0 aromatic heterocycles. The Morgan fingerprint density at radius 3 is 1.47 bits per heavy atom. The van der Waals surface area contributed by atoms with Crippen LogP contribution in [-0.2, 0) is 13.1 Å². The summed E-state index contributed by atoms with van der Waals surface area (Å²) in [4.78, 5) is 0. The highest BCUT2D eigenvalue weighted by Crippen LogP contribution is 2.23. The maximum absolute atomic E-state index is 10.6.